The van der Waals surface area contributed by atoms with E-state index in [2.05, 4.69) is 13.8 Å². The molecule has 1 unspecified atom stereocenters. The first-order chi connectivity index (χ1) is 6.61. The van der Waals surface area contributed by atoms with Gasteiger partial charge in [-0.15, -0.1) is 0 Å². The molecule has 0 aromatic heterocycles. The van der Waals surface area contributed by atoms with Crippen molar-refractivity contribution in [2.45, 2.75) is 46.6 Å². The number of ether oxygens (including phenoxy) is 2. The molecular weight excluding hydrogens is 180 g/mol. The van der Waals surface area contributed by atoms with E-state index in [1.807, 2.05) is 13.8 Å². The Labute approximate surface area is 86.8 Å². The highest BCUT2D eigenvalue weighted by Crippen LogP contribution is 2.04. The molecule has 84 valence electrons. The van der Waals surface area contributed by atoms with Gasteiger partial charge in [0.1, 0.15) is 0 Å². The van der Waals surface area contributed by atoms with E-state index < -0.39 is 0 Å². The second-order valence-corrected chi connectivity index (χ2v) is 3.79. The summed E-state index contributed by atoms with van der Waals surface area (Å²) in [6.07, 6.45) is 1.14. The fourth-order valence-electron chi connectivity index (χ4n) is 0.957. The third-order valence-electron chi connectivity index (χ3n) is 1.71. The van der Waals surface area contributed by atoms with Gasteiger partial charge in [0, 0.05) is 0 Å². The van der Waals surface area contributed by atoms with Crippen LogP contribution in [0, 0.1) is 5.92 Å². The van der Waals surface area contributed by atoms with E-state index in [-0.39, 0.29) is 12.1 Å². The van der Waals surface area contributed by atoms with E-state index in [0.29, 0.717) is 25.6 Å². The molecule has 0 saturated heterocycles. The molecule has 0 bridgehead atoms. The monoisotopic (exact) mass is 202 g/mol. The smallest absolute Gasteiger partial charge is 0.335 e. The van der Waals surface area contributed by atoms with Crippen molar-refractivity contribution in [2.24, 2.45) is 5.92 Å². The van der Waals surface area contributed by atoms with Crippen LogP contribution in [0.3, 0.4) is 0 Å². The van der Waals surface area contributed by atoms with Crippen LogP contribution in [-0.4, -0.2) is 25.3 Å². The summed E-state index contributed by atoms with van der Waals surface area (Å²) in [5, 5.41) is 0. The van der Waals surface area contributed by atoms with E-state index in [1.54, 1.807) is 0 Å². The van der Waals surface area contributed by atoms with Crippen molar-refractivity contribution in [1.29, 1.82) is 0 Å². The summed E-state index contributed by atoms with van der Waals surface area (Å²) in [7, 11) is 0. The molecule has 0 saturated carbocycles. The van der Waals surface area contributed by atoms with Crippen molar-refractivity contribution in [3.63, 3.8) is 0 Å². The van der Waals surface area contributed by atoms with E-state index in [1.165, 1.54) is 0 Å². The van der Waals surface area contributed by atoms with Crippen LogP contribution in [-0.2, 0) is 14.3 Å². The third-order valence-corrected chi connectivity index (χ3v) is 1.71. The van der Waals surface area contributed by atoms with Crippen molar-refractivity contribution in [3.8, 4) is 0 Å². The average Bonchev–Trinajstić information content (AvgIpc) is 2.15. The SMILES string of the molecule is CCCOC(=O)C(CC)OCC(C)C. The molecule has 0 aliphatic carbocycles. The Kier molecular flexibility index (Phi) is 7.48. The molecule has 0 heterocycles. The molecule has 0 aromatic rings. The number of hydrogen-bond donors (Lipinski definition) is 0. The van der Waals surface area contributed by atoms with Gasteiger partial charge >= 0.3 is 5.97 Å². The molecule has 0 N–H and O–H groups in total. The summed E-state index contributed by atoms with van der Waals surface area (Å²) in [4.78, 5) is 11.4. The van der Waals surface area contributed by atoms with Crippen LogP contribution in [0.25, 0.3) is 0 Å². The zero-order chi connectivity index (χ0) is 11.0. The van der Waals surface area contributed by atoms with Crippen LogP contribution in [0.2, 0.25) is 0 Å². The first-order valence-corrected chi connectivity index (χ1v) is 5.40. The average molecular weight is 202 g/mol. The normalized spacial score (nSPS) is 12.9. The summed E-state index contributed by atoms with van der Waals surface area (Å²) in [6.45, 7) is 9.12. The van der Waals surface area contributed by atoms with Crippen molar-refractivity contribution in [1.82, 2.24) is 0 Å². The van der Waals surface area contributed by atoms with E-state index in [0.717, 1.165) is 6.42 Å². The molecule has 0 radical (unpaired) electrons. The number of carbonyl (C=O) groups is 1. The van der Waals surface area contributed by atoms with Crippen LogP contribution < -0.4 is 0 Å². The second-order valence-electron chi connectivity index (χ2n) is 3.79. The Morgan fingerprint density at radius 1 is 1.29 bits per heavy atom. The fourth-order valence-corrected chi connectivity index (χ4v) is 0.957. The maximum absolute atomic E-state index is 11.4. The van der Waals surface area contributed by atoms with Gasteiger partial charge in [-0.2, -0.15) is 0 Å². The Balaban J connectivity index is 3.80. The minimum atomic E-state index is -0.385. The molecule has 0 aliphatic rings. The molecule has 0 amide bonds. The molecule has 3 heteroatoms. The standard InChI is InChI=1S/C11H22O3/c1-5-7-13-11(12)10(6-2)14-8-9(3)4/h9-10H,5-8H2,1-4H3. The van der Waals surface area contributed by atoms with Crippen molar-refractivity contribution in [2.75, 3.05) is 13.2 Å². The van der Waals surface area contributed by atoms with Gasteiger partial charge in [-0.1, -0.05) is 27.7 Å². The van der Waals surface area contributed by atoms with Crippen LogP contribution >= 0.6 is 0 Å². The van der Waals surface area contributed by atoms with E-state index >= 15 is 0 Å². The van der Waals surface area contributed by atoms with Gasteiger partial charge in [-0.25, -0.2) is 4.79 Å². The number of rotatable bonds is 7. The lowest BCUT2D eigenvalue weighted by molar-refractivity contribution is -0.158. The third kappa shape index (κ3) is 5.97. The van der Waals surface area contributed by atoms with Crippen LogP contribution in [0.1, 0.15) is 40.5 Å². The van der Waals surface area contributed by atoms with Crippen LogP contribution in [0.4, 0.5) is 0 Å². The fraction of sp³-hybridized carbons (Fsp3) is 0.909. The molecule has 0 rings (SSSR count). The van der Waals surface area contributed by atoms with Crippen LogP contribution in [0.5, 0.6) is 0 Å². The molecular formula is C11H22O3. The lowest BCUT2D eigenvalue weighted by Gasteiger charge is -2.16. The zero-order valence-corrected chi connectivity index (χ0v) is 9.71. The minimum Gasteiger partial charge on any atom is -0.464 e. The van der Waals surface area contributed by atoms with Gasteiger partial charge in [-0.3, -0.25) is 0 Å². The topological polar surface area (TPSA) is 35.5 Å². The minimum absolute atomic E-state index is 0.227. The Morgan fingerprint density at radius 3 is 2.36 bits per heavy atom. The van der Waals surface area contributed by atoms with Crippen molar-refractivity contribution < 1.29 is 14.3 Å². The van der Waals surface area contributed by atoms with E-state index in [9.17, 15) is 4.79 Å². The summed E-state index contributed by atoms with van der Waals surface area (Å²) >= 11 is 0. The van der Waals surface area contributed by atoms with E-state index in [4.69, 9.17) is 9.47 Å². The van der Waals surface area contributed by atoms with Gasteiger partial charge in [0.25, 0.3) is 0 Å². The van der Waals surface area contributed by atoms with Gasteiger partial charge in [0.05, 0.1) is 13.2 Å². The first kappa shape index (κ1) is 13.4. The van der Waals surface area contributed by atoms with Gasteiger partial charge in [0.15, 0.2) is 6.10 Å². The predicted molar refractivity (Wildman–Crippen MR) is 56.1 cm³/mol. The maximum atomic E-state index is 11.4. The van der Waals surface area contributed by atoms with Crippen LogP contribution in [0.15, 0.2) is 0 Å². The Hall–Kier alpha value is -0.570. The summed E-state index contributed by atoms with van der Waals surface area (Å²) < 4.78 is 10.4. The highest BCUT2D eigenvalue weighted by Gasteiger charge is 2.18. The van der Waals surface area contributed by atoms with Gasteiger partial charge < -0.3 is 9.47 Å². The van der Waals surface area contributed by atoms with Gasteiger partial charge in [0.2, 0.25) is 0 Å². The molecule has 14 heavy (non-hydrogen) atoms. The molecule has 1 atom stereocenters. The number of hydrogen-bond acceptors (Lipinski definition) is 3. The summed E-state index contributed by atoms with van der Waals surface area (Å²) in [5.74, 6) is 0.220. The summed E-state index contributed by atoms with van der Waals surface area (Å²) in [5.41, 5.74) is 0. The quantitative estimate of drug-likeness (QED) is 0.595. The summed E-state index contributed by atoms with van der Waals surface area (Å²) in [6, 6.07) is 0. The molecule has 0 spiro atoms. The van der Waals surface area contributed by atoms with Crippen molar-refractivity contribution >= 4 is 5.97 Å². The first-order valence-electron chi connectivity index (χ1n) is 5.40. The second kappa shape index (κ2) is 7.80. The lowest BCUT2D eigenvalue weighted by Crippen LogP contribution is -2.27. The zero-order valence-electron chi connectivity index (χ0n) is 9.71. The lowest BCUT2D eigenvalue weighted by atomic mass is 10.2. The number of esters is 1. The highest BCUT2D eigenvalue weighted by molar-refractivity contribution is 5.74. The molecule has 0 aliphatic heterocycles. The maximum Gasteiger partial charge on any atom is 0.335 e. The Morgan fingerprint density at radius 2 is 1.93 bits per heavy atom. The number of carbonyl (C=O) groups excluding carboxylic acids is 1. The predicted octanol–water partition coefficient (Wildman–Crippen LogP) is 2.39. The Bertz CT molecular complexity index is 155. The molecule has 3 nitrogen and oxygen atoms in total. The largest absolute Gasteiger partial charge is 0.464 e. The molecule has 0 aromatic carbocycles. The van der Waals surface area contributed by atoms with Gasteiger partial charge in [-0.05, 0) is 18.8 Å². The molecule has 0 fully saturated rings. The highest BCUT2D eigenvalue weighted by atomic mass is 16.6. The van der Waals surface area contributed by atoms with Crippen molar-refractivity contribution in [3.05, 3.63) is 0 Å².